The molecule has 4 N–H and O–H groups in total. The summed E-state index contributed by atoms with van der Waals surface area (Å²) in [5.74, 6) is -1.89. The molecule has 128 valence electrons. The Morgan fingerprint density at radius 3 is 2.26 bits per heavy atom. The van der Waals surface area contributed by atoms with E-state index in [-0.39, 0.29) is 34.9 Å². The molecule has 9 heteroatoms. The normalized spacial score (nSPS) is 12.1. The fraction of sp³-hybridized carbons (Fsp3) is 0.429. The van der Waals surface area contributed by atoms with Crippen LogP contribution in [0.15, 0.2) is 23.1 Å². The molecule has 1 rings (SSSR count). The van der Waals surface area contributed by atoms with Gasteiger partial charge in [0.1, 0.15) is 0 Å². The van der Waals surface area contributed by atoms with Crippen LogP contribution in [0.2, 0.25) is 5.02 Å². The molecule has 0 aliphatic carbocycles. The van der Waals surface area contributed by atoms with Crippen molar-refractivity contribution in [3.8, 4) is 0 Å². The van der Waals surface area contributed by atoms with E-state index >= 15 is 0 Å². The zero-order chi connectivity index (χ0) is 17.8. The molecule has 0 atom stereocenters. The van der Waals surface area contributed by atoms with E-state index in [1.807, 2.05) is 0 Å². The third-order valence-corrected chi connectivity index (χ3v) is 5.47. The van der Waals surface area contributed by atoms with Gasteiger partial charge in [0.25, 0.3) is 0 Å². The Kier molecular flexibility index (Phi) is 6.15. The molecule has 0 fully saturated rings. The van der Waals surface area contributed by atoms with Crippen molar-refractivity contribution in [2.45, 2.75) is 31.6 Å². The number of carbonyl (C=O) groups excluding carboxylic acids is 1. The van der Waals surface area contributed by atoms with Crippen molar-refractivity contribution in [1.82, 2.24) is 4.72 Å². The van der Waals surface area contributed by atoms with E-state index in [2.05, 4.69) is 4.72 Å². The Morgan fingerprint density at radius 2 is 1.83 bits per heavy atom. The van der Waals surface area contributed by atoms with Crippen LogP contribution in [0.1, 0.15) is 37.0 Å². The molecule has 0 unspecified atom stereocenters. The number of sulfonamides is 1. The van der Waals surface area contributed by atoms with Gasteiger partial charge in [0.2, 0.25) is 15.9 Å². The first kappa shape index (κ1) is 19.4. The van der Waals surface area contributed by atoms with Gasteiger partial charge >= 0.3 is 5.97 Å². The Morgan fingerprint density at radius 1 is 1.26 bits per heavy atom. The molecule has 1 aromatic carbocycles. The second kappa shape index (κ2) is 7.29. The van der Waals surface area contributed by atoms with Gasteiger partial charge in [0, 0.05) is 17.1 Å². The van der Waals surface area contributed by atoms with Crippen molar-refractivity contribution in [2.24, 2.45) is 11.1 Å². The average Bonchev–Trinajstić information content (AvgIpc) is 2.47. The van der Waals surface area contributed by atoms with E-state index < -0.39 is 27.3 Å². The molecule has 0 saturated heterocycles. The minimum atomic E-state index is -4.03. The maximum absolute atomic E-state index is 12.3. The Balaban J connectivity index is 3.14. The Hall–Kier alpha value is -1.64. The largest absolute Gasteiger partial charge is 0.481 e. The van der Waals surface area contributed by atoms with Crippen LogP contribution in [0.4, 0.5) is 0 Å². The maximum atomic E-state index is 12.3. The van der Waals surface area contributed by atoms with Gasteiger partial charge in [-0.05, 0) is 31.0 Å². The number of halogens is 1. The molecule has 1 amide bonds. The monoisotopic (exact) mass is 362 g/mol. The van der Waals surface area contributed by atoms with Crippen LogP contribution in [-0.4, -0.2) is 31.9 Å². The summed E-state index contributed by atoms with van der Waals surface area (Å²) in [6, 6.07) is 3.51. The molecule has 0 spiro atoms. The summed E-state index contributed by atoms with van der Waals surface area (Å²) >= 11 is 5.80. The number of nitrogens with two attached hydrogens (primary N) is 1. The minimum Gasteiger partial charge on any atom is -0.481 e. The van der Waals surface area contributed by atoms with E-state index in [4.69, 9.17) is 17.3 Å². The second-order valence-electron chi connectivity index (χ2n) is 5.16. The predicted octanol–water partition coefficient (Wildman–Crippen LogP) is 1.61. The van der Waals surface area contributed by atoms with E-state index in [0.717, 1.165) is 12.1 Å². The van der Waals surface area contributed by atoms with E-state index in [1.165, 1.54) is 6.07 Å². The van der Waals surface area contributed by atoms with Crippen LogP contribution in [0.3, 0.4) is 0 Å². The minimum absolute atomic E-state index is 0.0390. The summed E-state index contributed by atoms with van der Waals surface area (Å²) in [7, 11) is -4.03. The zero-order valence-electron chi connectivity index (χ0n) is 12.8. The average molecular weight is 363 g/mol. The van der Waals surface area contributed by atoms with Gasteiger partial charge in [0.15, 0.2) is 0 Å². The number of nitrogens with one attached hydrogen (secondary N) is 1. The summed E-state index contributed by atoms with van der Waals surface area (Å²) in [6.45, 7) is 3.09. The molecule has 23 heavy (non-hydrogen) atoms. The van der Waals surface area contributed by atoms with E-state index in [9.17, 15) is 23.1 Å². The molecule has 0 aromatic heterocycles. The summed E-state index contributed by atoms with van der Waals surface area (Å²) in [6.07, 6.45) is 0.535. The number of hydrogen-bond donors (Lipinski definition) is 3. The Bertz CT molecular complexity index is 714. The van der Waals surface area contributed by atoms with E-state index in [1.54, 1.807) is 13.8 Å². The smallest absolute Gasteiger partial charge is 0.310 e. The van der Waals surface area contributed by atoms with Gasteiger partial charge in [-0.2, -0.15) is 0 Å². The highest BCUT2D eigenvalue weighted by Gasteiger charge is 2.36. The molecule has 0 bridgehead atoms. The third-order valence-electron chi connectivity index (χ3n) is 3.87. The molecule has 0 aliphatic rings. The van der Waals surface area contributed by atoms with Crippen molar-refractivity contribution in [2.75, 3.05) is 6.54 Å². The SMILES string of the molecule is CCC(CC)(CNS(=O)(=O)c1cc(Cl)cc(C(N)=O)c1)C(=O)O. The number of primary amides is 1. The maximum Gasteiger partial charge on any atom is 0.310 e. The van der Waals surface area contributed by atoms with Crippen molar-refractivity contribution in [3.63, 3.8) is 0 Å². The number of aliphatic carboxylic acids is 1. The molecular formula is C14H19ClN2O5S. The summed E-state index contributed by atoms with van der Waals surface area (Å²) in [5, 5.41) is 9.37. The van der Waals surface area contributed by atoms with Crippen LogP contribution in [-0.2, 0) is 14.8 Å². The zero-order valence-corrected chi connectivity index (χ0v) is 14.4. The number of amides is 1. The third kappa shape index (κ3) is 4.43. The standard InChI is InChI=1S/C14H19ClN2O5S/c1-3-14(4-2,13(19)20)8-17-23(21,22)11-6-9(12(16)18)5-10(15)7-11/h5-7,17H,3-4,8H2,1-2H3,(H2,16,18)(H,19,20). The second-order valence-corrected chi connectivity index (χ2v) is 7.36. The Labute approximate surface area is 139 Å². The number of hydrogen-bond acceptors (Lipinski definition) is 4. The lowest BCUT2D eigenvalue weighted by Gasteiger charge is -2.26. The van der Waals surface area contributed by atoms with Crippen LogP contribution >= 0.6 is 11.6 Å². The van der Waals surface area contributed by atoms with Gasteiger partial charge < -0.3 is 10.8 Å². The highest BCUT2D eigenvalue weighted by Crippen LogP contribution is 2.27. The first-order chi connectivity index (χ1) is 10.6. The topological polar surface area (TPSA) is 127 Å². The fourth-order valence-electron chi connectivity index (χ4n) is 2.05. The number of benzene rings is 1. The van der Waals surface area contributed by atoms with E-state index in [0.29, 0.717) is 0 Å². The highest BCUT2D eigenvalue weighted by molar-refractivity contribution is 7.89. The molecule has 0 radical (unpaired) electrons. The number of carboxylic acids is 1. The predicted molar refractivity (Wildman–Crippen MR) is 85.8 cm³/mol. The van der Waals surface area contributed by atoms with Gasteiger partial charge in [0.05, 0.1) is 10.3 Å². The van der Waals surface area contributed by atoms with Crippen molar-refractivity contribution in [3.05, 3.63) is 28.8 Å². The molecular weight excluding hydrogens is 344 g/mol. The van der Waals surface area contributed by atoms with Gasteiger partial charge in [-0.25, -0.2) is 13.1 Å². The summed E-state index contributed by atoms with van der Waals surface area (Å²) < 4.78 is 27.0. The summed E-state index contributed by atoms with van der Waals surface area (Å²) in [4.78, 5) is 22.4. The number of carbonyl (C=O) groups is 2. The molecule has 0 heterocycles. The quantitative estimate of drug-likeness (QED) is 0.647. The van der Waals surface area contributed by atoms with Crippen molar-refractivity contribution in [1.29, 1.82) is 0 Å². The fourth-order valence-corrected chi connectivity index (χ4v) is 3.55. The highest BCUT2D eigenvalue weighted by atomic mass is 35.5. The lowest BCUT2D eigenvalue weighted by Crippen LogP contribution is -2.42. The molecule has 1 aromatic rings. The summed E-state index contributed by atoms with van der Waals surface area (Å²) in [5.41, 5.74) is 3.89. The number of carboxylic acid groups (broad SMARTS) is 1. The first-order valence-electron chi connectivity index (χ1n) is 6.91. The molecule has 0 saturated carbocycles. The van der Waals surface area contributed by atoms with Crippen LogP contribution in [0.25, 0.3) is 0 Å². The molecule has 0 aliphatic heterocycles. The lowest BCUT2D eigenvalue weighted by atomic mass is 9.83. The van der Waals surface area contributed by atoms with Crippen molar-refractivity contribution >= 4 is 33.5 Å². The first-order valence-corrected chi connectivity index (χ1v) is 8.77. The number of rotatable bonds is 8. The van der Waals surface area contributed by atoms with Crippen molar-refractivity contribution < 1.29 is 23.1 Å². The van der Waals surface area contributed by atoms with Gasteiger partial charge in [-0.1, -0.05) is 25.4 Å². The van der Waals surface area contributed by atoms with Gasteiger partial charge in [-0.3, -0.25) is 9.59 Å². The lowest BCUT2D eigenvalue weighted by molar-refractivity contribution is -0.149. The molecule has 7 nitrogen and oxygen atoms in total. The van der Waals surface area contributed by atoms with Gasteiger partial charge in [-0.15, -0.1) is 0 Å². The van der Waals surface area contributed by atoms with Crippen LogP contribution in [0, 0.1) is 5.41 Å². The van der Waals surface area contributed by atoms with Crippen LogP contribution < -0.4 is 10.5 Å². The van der Waals surface area contributed by atoms with Crippen LogP contribution in [0.5, 0.6) is 0 Å².